The second-order valence-electron chi connectivity index (χ2n) is 9.46. The molecule has 1 unspecified atom stereocenters. The van der Waals surface area contributed by atoms with Crippen LogP contribution in [0.4, 0.5) is 16.0 Å². The lowest BCUT2D eigenvalue weighted by atomic mass is 9.94. The molecule has 1 N–H and O–H groups in total. The quantitative estimate of drug-likeness (QED) is 0.405. The normalized spacial score (nSPS) is 16.2. The molecule has 2 aliphatic rings. The van der Waals surface area contributed by atoms with Crippen molar-refractivity contribution in [2.45, 2.75) is 57.0 Å². The number of carbonyl (C=O) groups is 3. The Morgan fingerprint density at radius 3 is 2.44 bits per heavy atom. The van der Waals surface area contributed by atoms with Gasteiger partial charge >= 0.3 is 0 Å². The molecule has 0 radical (unpaired) electrons. The van der Waals surface area contributed by atoms with Crippen molar-refractivity contribution in [3.8, 4) is 0 Å². The van der Waals surface area contributed by atoms with Gasteiger partial charge in [-0.3, -0.25) is 24.2 Å². The van der Waals surface area contributed by atoms with Crippen molar-refractivity contribution in [1.29, 1.82) is 0 Å². The van der Waals surface area contributed by atoms with Crippen molar-refractivity contribution in [2.24, 2.45) is 0 Å². The number of aromatic nitrogens is 2. The molecule has 2 fully saturated rings. The van der Waals surface area contributed by atoms with Gasteiger partial charge in [0, 0.05) is 47.7 Å². The largest absolute Gasteiger partial charge is 0.351 e. The highest BCUT2D eigenvalue weighted by atomic mass is 35.5. The number of nitrogens with zero attached hydrogens (tertiary/aromatic N) is 4. The van der Waals surface area contributed by atoms with Crippen molar-refractivity contribution in [3.63, 3.8) is 0 Å². The van der Waals surface area contributed by atoms with Crippen LogP contribution in [0.5, 0.6) is 0 Å². The number of hydrogen-bond acceptors (Lipinski definition) is 5. The minimum atomic E-state index is -0.972. The molecule has 3 aromatic rings. The maximum Gasteiger partial charge on any atom is 0.248 e. The summed E-state index contributed by atoms with van der Waals surface area (Å²) in [7, 11) is 0. The molecule has 1 aliphatic carbocycles. The van der Waals surface area contributed by atoms with Crippen molar-refractivity contribution in [1.82, 2.24) is 15.3 Å². The lowest BCUT2D eigenvalue weighted by Gasteiger charge is -2.31. The highest BCUT2D eigenvalue weighted by Gasteiger charge is 2.31. The first-order valence-corrected chi connectivity index (χ1v) is 13.5. The smallest absolute Gasteiger partial charge is 0.248 e. The van der Waals surface area contributed by atoms with Crippen LogP contribution in [0.3, 0.4) is 0 Å². The molecule has 1 aromatic heterocycles. The van der Waals surface area contributed by atoms with Gasteiger partial charge in [-0.1, -0.05) is 55.1 Å². The first-order chi connectivity index (χ1) is 19.0. The molecule has 0 spiro atoms. The third-order valence-corrected chi connectivity index (χ3v) is 7.11. The molecule has 3 amide bonds. The molecule has 204 valence electrons. The van der Waals surface area contributed by atoms with Crippen LogP contribution in [0.1, 0.15) is 56.6 Å². The fourth-order valence-electron chi connectivity index (χ4n) is 4.84. The minimum absolute atomic E-state index is 0.0808. The summed E-state index contributed by atoms with van der Waals surface area (Å²) < 4.78 is 13.7. The van der Waals surface area contributed by atoms with Gasteiger partial charge in [-0.15, -0.1) is 0 Å². The summed E-state index contributed by atoms with van der Waals surface area (Å²) in [5, 5.41) is 3.43. The van der Waals surface area contributed by atoms with Gasteiger partial charge in [-0.25, -0.2) is 14.4 Å². The van der Waals surface area contributed by atoms with E-state index in [0.717, 1.165) is 38.6 Å². The van der Waals surface area contributed by atoms with Crippen LogP contribution in [0.2, 0.25) is 5.02 Å². The Balaban J connectivity index is 0.000000243. The average Bonchev–Trinajstić information content (AvgIpc) is 3.39. The van der Waals surface area contributed by atoms with E-state index >= 15 is 0 Å². The van der Waals surface area contributed by atoms with Gasteiger partial charge in [0.15, 0.2) is 0 Å². The number of rotatable bonds is 7. The van der Waals surface area contributed by atoms with Gasteiger partial charge in [-0.2, -0.15) is 0 Å². The Morgan fingerprint density at radius 2 is 1.79 bits per heavy atom. The van der Waals surface area contributed by atoms with Crippen molar-refractivity contribution in [2.75, 3.05) is 16.3 Å². The molecule has 2 aromatic carbocycles. The summed E-state index contributed by atoms with van der Waals surface area (Å²) in [5.74, 6) is -0.141. The standard InChI is InChI=1S/C21H22ClFN2O2.C8H9N3O/c22-19-12-5-4-11-18(19)20(21(27)24-16-8-2-1-3-9-16)25(14-26)17-10-6-7-15(23)13-17;12-7-3-1-6-11(7)8-9-4-2-5-10-8/h4-7,10-14,16,20H,1-3,8-9H2,(H,24,27);2,4-5H,1,3,6H2. The first kappa shape index (κ1) is 28.2. The maximum absolute atomic E-state index is 13.7. The molecule has 2 heterocycles. The Bertz CT molecular complexity index is 1270. The minimum Gasteiger partial charge on any atom is -0.351 e. The topological polar surface area (TPSA) is 95.5 Å². The van der Waals surface area contributed by atoms with Crippen molar-refractivity contribution >= 4 is 41.5 Å². The fourth-order valence-corrected chi connectivity index (χ4v) is 5.08. The van der Waals surface area contributed by atoms with E-state index in [1.807, 2.05) is 0 Å². The van der Waals surface area contributed by atoms with E-state index in [1.54, 1.807) is 53.7 Å². The van der Waals surface area contributed by atoms with Gasteiger partial charge < -0.3 is 5.32 Å². The van der Waals surface area contributed by atoms with E-state index in [-0.39, 0.29) is 17.9 Å². The van der Waals surface area contributed by atoms with Crippen LogP contribution in [0.25, 0.3) is 0 Å². The number of hydrogen-bond donors (Lipinski definition) is 1. The molecule has 5 rings (SSSR count). The monoisotopic (exact) mass is 551 g/mol. The molecule has 8 nitrogen and oxygen atoms in total. The molecule has 0 bridgehead atoms. The first-order valence-electron chi connectivity index (χ1n) is 13.1. The van der Waals surface area contributed by atoms with Crippen LogP contribution in [-0.4, -0.2) is 40.8 Å². The summed E-state index contributed by atoms with van der Waals surface area (Å²) in [4.78, 5) is 47.2. The van der Waals surface area contributed by atoms with E-state index in [4.69, 9.17) is 11.6 Å². The highest BCUT2D eigenvalue weighted by Crippen LogP contribution is 2.32. The van der Waals surface area contributed by atoms with Gasteiger partial charge in [0.1, 0.15) is 11.9 Å². The summed E-state index contributed by atoms with van der Waals surface area (Å²) in [6.45, 7) is 0.753. The van der Waals surface area contributed by atoms with Gasteiger partial charge in [0.25, 0.3) is 0 Å². The number of amides is 3. The molecule has 10 heteroatoms. The van der Waals surface area contributed by atoms with E-state index < -0.39 is 11.9 Å². The second kappa shape index (κ2) is 13.8. The zero-order valence-electron chi connectivity index (χ0n) is 21.5. The van der Waals surface area contributed by atoms with Gasteiger partial charge in [0.2, 0.25) is 24.2 Å². The van der Waals surface area contributed by atoms with Crippen molar-refractivity contribution in [3.05, 3.63) is 83.4 Å². The number of benzene rings is 2. The molecule has 1 saturated heterocycles. The SMILES string of the molecule is O=C1CCCN1c1ncccn1.O=CN(c1cccc(F)c1)C(C(=O)NC1CCCCC1)c1ccccc1Cl. The molecule has 1 atom stereocenters. The van der Waals surface area contributed by atoms with Crippen LogP contribution >= 0.6 is 11.6 Å². The zero-order chi connectivity index (χ0) is 27.6. The number of anilines is 2. The summed E-state index contributed by atoms with van der Waals surface area (Å²) >= 11 is 6.33. The van der Waals surface area contributed by atoms with Gasteiger partial charge in [0.05, 0.1) is 0 Å². The molecule has 1 aliphatic heterocycles. The van der Waals surface area contributed by atoms with E-state index in [1.165, 1.54) is 29.5 Å². The zero-order valence-corrected chi connectivity index (χ0v) is 22.3. The highest BCUT2D eigenvalue weighted by molar-refractivity contribution is 6.31. The maximum atomic E-state index is 13.7. The summed E-state index contributed by atoms with van der Waals surface area (Å²) in [5.41, 5.74) is 0.803. The van der Waals surface area contributed by atoms with Crippen LogP contribution in [0, 0.1) is 5.82 Å². The van der Waals surface area contributed by atoms with Gasteiger partial charge in [-0.05, 0) is 49.6 Å². The molecule has 1 saturated carbocycles. The second-order valence-corrected chi connectivity index (χ2v) is 9.87. The van der Waals surface area contributed by atoms with E-state index in [2.05, 4.69) is 15.3 Å². The third-order valence-electron chi connectivity index (χ3n) is 6.76. The summed E-state index contributed by atoms with van der Waals surface area (Å²) in [6, 6.07) is 13.4. The number of halogens is 2. The van der Waals surface area contributed by atoms with Crippen LogP contribution < -0.4 is 15.1 Å². The van der Waals surface area contributed by atoms with Crippen LogP contribution in [-0.2, 0) is 14.4 Å². The lowest BCUT2D eigenvalue weighted by molar-refractivity contribution is -0.125. The predicted molar refractivity (Wildman–Crippen MR) is 148 cm³/mol. The molecular formula is C29H31ClFN5O3. The Hall–Kier alpha value is -3.85. The predicted octanol–water partition coefficient (Wildman–Crippen LogP) is 5.24. The average molecular weight is 552 g/mol. The Morgan fingerprint density at radius 1 is 1.05 bits per heavy atom. The molecular weight excluding hydrogens is 521 g/mol. The Labute approximate surface area is 232 Å². The van der Waals surface area contributed by atoms with E-state index in [9.17, 15) is 18.8 Å². The molecule has 39 heavy (non-hydrogen) atoms. The van der Waals surface area contributed by atoms with E-state index in [0.29, 0.717) is 35.1 Å². The Kier molecular flexibility index (Phi) is 9.97. The lowest BCUT2D eigenvalue weighted by Crippen LogP contribution is -2.45. The number of nitrogens with one attached hydrogen (secondary N) is 1. The third kappa shape index (κ3) is 7.38. The fraction of sp³-hybridized carbons (Fsp3) is 0.345. The summed E-state index contributed by atoms with van der Waals surface area (Å²) in [6.07, 6.45) is 10.5. The van der Waals surface area contributed by atoms with Crippen LogP contribution in [0.15, 0.2) is 67.0 Å². The number of carbonyl (C=O) groups excluding carboxylic acids is 3. The van der Waals surface area contributed by atoms with Crippen molar-refractivity contribution < 1.29 is 18.8 Å².